The van der Waals surface area contributed by atoms with Gasteiger partial charge < -0.3 is 24.8 Å². The van der Waals surface area contributed by atoms with Gasteiger partial charge in [-0.05, 0) is 27.7 Å². The quantitative estimate of drug-likeness (QED) is 0.224. The number of aliphatic hydroxyl groups excluding tert-OH is 2. The molecule has 2 aromatic rings. The lowest BCUT2D eigenvalue weighted by Crippen LogP contribution is -2.43. The lowest BCUT2D eigenvalue weighted by molar-refractivity contribution is -0.148. The van der Waals surface area contributed by atoms with Crippen molar-refractivity contribution in [1.82, 2.24) is 34.9 Å². The van der Waals surface area contributed by atoms with E-state index in [0.29, 0.717) is 4.68 Å². The van der Waals surface area contributed by atoms with Crippen molar-refractivity contribution < 1.29 is 34.2 Å². The minimum atomic E-state index is -3.84. The molecule has 0 aromatic carbocycles. The van der Waals surface area contributed by atoms with E-state index in [2.05, 4.69) is 25.6 Å². The van der Waals surface area contributed by atoms with E-state index in [1.54, 1.807) is 33.8 Å². The third kappa shape index (κ3) is 5.32. The first-order valence-corrected chi connectivity index (χ1v) is 12.8. The van der Waals surface area contributed by atoms with Crippen molar-refractivity contribution >= 4 is 24.4 Å². The van der Waals surface area contributed by atoms with Gasteiger partial charge in [-0.15, -0.1) is 5.10 Å². The highest BCUT2D eigenvalue weighted by Crippen LogP contribution is 2.44. The summed E-state index contributed by atoms with van der Waals surface area (Å²) in [6, 6.07) is 1.11. The second-order valence-corrected chi connectivity index (χ2v) is 11.2. The monoisotopic (exact) mass is 528 g/mol. The number of nitriles is 1. The van der Waals surface area contributed by atoms with Gasteiger partial charge >= 0.3 is 5.97 Å². The summed E-state index contributed by atoms with van der Waals surface area (Å²) in [5, 5.41) is 56.8. The van der Waals surface area contributed by atoms with E-state index in [1.165, 1.54) is 7.05 Å². The summed E-state index contributed by atoms with van der Waals surface area (Å²) in [4.78, 5) is 24.9. The number of aryl methyl sites for hydroxylation is 1. The number of aliphatic carboxylic acids is 1. The SMILES string of the molecule is CC(C)NP(=O)(NC(C)C)C(OCC1OC(n2nnc3c(C#N)nn(C)c3c2=O)C(O)C1O)C(=O)O. The van der Waals surface area contributed by atoms with Crippen LogP contribution in [-0.2, 0) is 25.9 Å². The van der Waals surface area contributed by atoms with Crippen molar-refractivity contribution in [2.75, 3.05) is 6.61 Å². The molecule has 198 valence electrons. The normalized spacial score (nSPS) is 23.4. The van der Waals surface area contributed by atoms with Crippen LogP contribution in [0.5, 0.6) is 0 Å². The largest absolute Gasteiger partial charge is 0.479 e. The van der Waals surface area contributed by atoms with Crippen LogP contribution in [0.25, 0.3) is 11.0 Å². The Bertz CT molecular complexity index is 1260. The first kappa shape index (κ1) is 27.8. The predicted octanol–water partition coefficient (Wildman–Crippen LogP) is -1.37. The van der Waals surface area contributed by atoms with Gasteiger partial charge in [-0.3, -0.25) is 14.0 Å². The van der Waals surface area contributed by atoms with E-state index in [4.69, 9.17) is 14.7 Å². The van der Waals surface area contributed by atoms with Crippen molar-refractivity contribution in [3.63, 3.8) is 0 Å². The molecule has 0 amide bonds. The predicted molar refractivity (Wildman–Crippen MR) is 123 cm³/mol. The van der Waals surface area contributed by atoms with Crippen LogP contribution >= 0.6 is 7.44 Å². The van der Waals surface area contributed by atoms with Gasteiger partial charge in [-0.2, -0.15) is 15.0 Å². The number of hydrogen-bond donors (Lipinski definition) is 5. The third-order valence-corrected chi connectivity index (χ3v) is 8.05. The number of carboxylic acid groups (broad SMARTS) is 1. The molecule has 16 nitrogen and oxygen atoms in total. The Labute approximate surface area is 205 Å². The highest BCUT2D eigenvalue weighted by molar-refractivity contribution is 7.61. The molecule has 0 saturated carbocycles. The number of aromatic nitrogens is 5. The molecule has 0 bridgehead atoms. The number of nitrogens with zero attached hydrogens (tertiary/aromatic N) is 6. The fourth-order valence-corrected chi connectivity index (χ4v) is 6.34. The zero-order valence-corrected chi connectivity index (χ0v) is 21.2. The van der Waals surface area contributed by atoms with E-state index in [-0.39, 0.29) is 28.8 Å². The van der Waals surface area contributed by atoms with Crippen molar-refractivity contribution in [2.45, 2.75) is 70.2 Å². The zero-order valence-electron chi connectivity index (χ0n) is 20.3. The van der Waals surface area contributed by atoms with E-state index in [0.717, 1.165) is 4.68 Å². The van der Waals surface area contributed by atoms with Crippen LogP contribution < -0.4 is 15.7 Å². The van der Waals surface area contributed by atoms with Gasteiger partial charge in [0.25, 0.3) is 13.0 Å². The molecular weight excluding hydrogens is 499 g/mol. The van der Waals surface area contributed by atoms with Gasteiger partial charge in [0.1, 0.15) is 24.4 Å². The van der Waals surface area contributed by atoms with E-state index in [9.17, 15) is 29.5 Å². The topological polar surface area (TPSA) is 227 Å². The molecule has 17 heteroatoms. The Hall–Kier alpha value is -2.77. The highest BCUT2D eigenvalue weighted by Gasteiger charge is 2.47. The maximum atomic E-state index is 13.5. The molecule has 3 rings (SSSR count). The van der Waals surface area contributed by atoms with Gasteiger partial charge in [0, 0.05) is 19.1 Å². The molecule has 1 aliphatic heterocycles. The van der Waals surface area contributed by atoms with E-state index in [1.807, 2.05) is 0 Å². The lowest BCUT2D eigenvalue weighted by atomic mass is 10.1. The summed E-state index contributed by atoms with van der Waals surface area (Å²) >= 11 is 0. The number of fused-ring (bicyclic) bond motifs is 1. The second-order valence-electron chi connectivity index (χ2n) is 8.92. The van der Waals surface area contributed by atoms with Gasteiger partial charge in [0.2, 0.25) is 5.85 Å². The van der Waals surface area contributed by atoms with Crippen LogP contribution in [0.15, 0.2) is 4.79 Å². The maximum absolute atomic E-state index is 13.5. The molecule has 5 N–H and O–H groups in total. The Morgan fingerprint density at radius 2 is 1.86 bits per heavy atom. The standard InChI is InChI=1S/C19H29N8O8P/c1-8(2)23-36(33,24-9(3)4)19(18(31)32)34-7-11-14(28)15(29)17(35-11)27-16(30)13-12(21-25-27)10(6-20)22-26(13)5/h8-9,11,14-15,17,19,28-29H,7H2,1-5H3,(H,31,32)(H2,23,24,33). The van der Waals surface area contributed by atoms with Gasteiger partial charge in [0.05, 0.1) is 6.61 Å². The van der Waals surface area contributed by atoms with Crippen LogP contribution in [0.3, 0.4) is 0 Å². The first-order valence-electron chi connectivity index (χ1n) is 11.0. The highest BCUT2D eigenvalue weighted by atomic mass is 31.2. The molecule has 0 spiro atoms. The Morgan fingerprint density at radius 3 is 2.39 bits per heavy atom. The molecule has 1 aliphatic rings. The zero-order chi connectivity index (χ0) is 26.9. The van der Waals surface area contributed by atoms with E-state index < -0.39 is 56.0 Å². The molecular formula is C19H29N8O8P. The van der Waals surface area contributed by atoms with Crippen molar-refractivity contribution in [2.24, 2.45) is 7.05 Å². The van der Waals surface area contributed by atoms with Gasteiger partial charge in [-0.25, -0.2) is 15.0 Å². The minimum absolute atomic E-state index is 0.0375. The molecule has 5 unspecified atom stereocenters. The number of ether oxygens (including phenoxy) is 2. The number of aliphatic hydroxyl groups is 2. The van der Waals surface area contributed by atoms with E-state index >= 15 is 0 Å². The number of rotatable bonds is 10. The minimum Gasteiger partial charge on any atom is -0.479 e. The molecule has 5 atom stereocenters. The molecule has 0 radical (unpaired) electrons. The summed E-state index contributed by atoms with van der Waals surface area (Å²) in [5.41, 5.74) is -1.01. The fraction of sp³-hybridized carbons (Fsp3) is 0.684. The number of carbonyl (C=O) groups is 1. The van der Waals surface area contributed by atoms with Crippen molar-refractivity contribution in [1.29, 1.82) is 5.26 Å². The van der Waals surface area contributed by atoms with Crippen LogP contribution in [0.1, 0.15) is 39.6 Å². The molecule has 0 aliphatic carbocycles. The summed E-state index contributed by atoms with van der Waals surface area (Å²) in [5.74, 6) is -3.35. The number of carboxylic acids is 1. The average molecular weight is 528 g/mol. The van der Waals surface area contributed by atoms with Crippen molar-refractivity contribution in [3.8, 4) is 6.07 Å². The fourth-order valence-electron chi connectivity index (χ4n) is 3.86. The third-order valence-electron chi connectivity index (χ3n) is 5.22. The van der Waals surface area contributed by atoms with Crippen molar-refractivity contribution in [3.05, 3.63) is 16.0 Å². The molecule has 36 heavy (non-hydrogen) atoms. The Kier molecular flexibility index (Phi) is 8.26. The number of nitrogens with one attached hydrogen (secondary N) is 2. The van der Waals surface area contributed by atoms with Gasteiger partial charge in [0.15, 0.2) is 23.0 Å². The Balaban J connectivity index is 1.85. The summed E-state index contributed by atoms with van der Waals surface area (Å²) in [6.45, 7) is 6.18. The smallest absolute Gasteiger partial charge is 0.343 e. The lowest BCUT2D eigenvalue weighted by Gasteiger charge is -2.30. The van der Waals surface area contributed by atoms with Crippen LogP contribution in [-0.4, -0.2) is 88.9 Å². The summed E-state index contributed by atoms with van der Waals surface area (Å²) in [6.07, 6.45) is -6.07. The van der Waals surface area contributed by atoms with Gasteiger partial charge in [-0.1, -0.05) is 5.21 Å². The molecule has 1 saturated heterocycles. The first-order chi connectivity index (χ1) is 16.8. The summed E-state index contributed by atoms with van der Waals surface area (Å²) in [7, 11) is -2.41. The van der Waals surface area contributed by atoms with Crippen LogP contribution in [0.2, 0.25) is 0 Å². The maximum Gasteiger partial charge on any atom is 0.343 e. The molecule has 3 heterocycles. The summed E-state index contributed by atoms with van der Waals surface area (Å²) < 4.78 is 26.3. The molecule has 1 fully saturated rings. The van der Waals surface area contributed by atoms with Crippen LogP contribution in [0.4, 0.5) is 0 Å². The Morgan fingerprint density at radius 1 is 1.25 bits per heavy atom. The number of hydrogen-bond acceptors (Lipinski definition) is 11. The molecule has 2 aromatic heterocycles. The second kappa shape index (κ2) is 10.7. The average Bonchev–Trinajstić information content (AvgIpc) is 3.24. The van der Waals surface area contributed by atoms with Crippen LogP contribution in [0, 0.1) is 11.3 Å².